The van der Waals surface area contributed by atoms with Gasteiger partial charge in [0.15, 0.2) is 0 Å². The molecule has 1 atom stereocenters. The van der Waals surface area contributed by atoms with Crippen LogP contribution >= 0.6 is 0 Å². The average molecular weight is 291 g/mol. The predicted molar refractivity (Wildman–Crippen MR) is 73.8 cm³/mol. The number of anilines is 1. The largest absolute Gasteiger partial charge is 0.465 e. The van der Waals surface area contributed by atoms with Crippen LogP contribution in [-0.2, 0) is 17.8 Å². The smallest absolute Gasteiger partial charge is 0.407 e. The molecule has 8 nitrogen and oxygen atoms in total. The van der Waals surface area contributed by atoms with Crippen LogP contribution in [0.1, 0.15) is 17.7 Å². The highest BCUT2D eigenvalue weighted by Crippen LogP contribution is 2.19. The van der Waals surface area contributed by atoms with Crippen LogP contribution in [0.15, 0.2) is 6.20 Å². The van der Waals surface area contributed by atoms with Gasteiger partial charge in [0.2, 0.25) is 11.9 Å². The van der Waals surface area contributed by atoms with Crippen LogP contribution in [0.3, 0.4) is 0 Å². The van der Waals surface area contributed by atoms with Gasteiger partial charge < -0.3 is 20.2 Å². The first-order chi connectivity index (χ1) is 10.0. The van der Waals surface area contributed by atoms with Crippen molar-refractivity contribution in [2.75, 3.05) is 25.5 Å². The van der Waals surface area contributed by atoms with Crippen molar-refractivity contribution in [2.24, 2.45) is 0 Å². The van der Waals surface area contributed by atoms with Crippen LogP contribution in [0.4, 0.5) is 10.7 Å². The topological polar surface area (TPSA) is 98.7 Å². The highest BCUT2D eigenvalue weighted by atomic mass is 16.4. The van der Waals surface area contributed by atoms with Crippen molar-refractivity contribution in [3.8, 4) is 0 Å². The zero-order chi connectivity index (χ0) is 15.0. The summed E-state index contributed by atoms with van der Waals surface area (Å²) in [5.41, 5.74) is 1.72. The summed E-state index contributed by atoms with van der Waals surface area (Å²) in [6.45, 7) is 1.38. The maximum Gasteiger partial charge on any atom is 0.407 e. The van der Waals surface area contributed by atoms with Gasteiger partial charge in [-0.15, -0.1) is 0 Å². The molecule has 0 spiro atoms. The summed E-state index contributed by atoms with van der Waals surface area (Å²) in [7, 11) is 1.77. The van der Waals surface area contributed by atoms with E-state index in [2.05, 4.69) is 15.3 Å². The first kappa shape index (κ1) is 13.6. The molecule has 0 radical (unpaired) electrons. The standard InChI is InChI=1S/C13H17N5O3/c1-17-6-9(4-11(17)19)15-12-14-5-8-2-3-18(13(20)21)7-10(8)16-12/h5,9H,2-4,6-7H2,1H3,(H,20,21)(H,14,15,16). The maximum absolute atomic E-state index is 11.5. The van der Waals surface area contributed by atoms with Gasteiger partial charge in [0, 0.05) is 32.8 Å². The third-order valence-corrected chi connectivity index (χ3v) is 3.89. The molecule has 0 aromatic carbocycles. The van der Waals surface area contributed by atoms with Crippen LogP contribution in [-0.4, -0.2) is 63.1 Å². The summed E-state index contributed by atoms with van der Waals surface area (Å²) < 4.78 is 0. The molecule has 0 aliphatic carbocycles. The lowest BCUT2D eigenvalue weighted by Gasteiger charge is -2.25. The zero-order valence-corrected chi connectivity index (χ0v) is 11.7. The van der Waals surface area contributed by atoms with E-state index in [1.54, 1.807) is 18.1 Å². The summed E-state index contributed by atoms with van der Waals surface area (Å²) in [6, 6.07) is -0.000262. The second kappa shape index (κ2) is 5.19. The summed E-state index contributed by atoms with van der Waals surface area (Å²) in [5.74, 6) is 0.552. The number of rotatable bonds is 2. The number of nitrogens with zero attached hydrogens (tertiary/aromatic N) is 4. The molecule has 1 aromatic rings. The Kier molecular flexibility index (Phi) is 3.36. The van der Waals surface area contributed by atoms with E-state index in [4.69, 9.17) is 5.11 Å². The fourth-order valence-corrected chi connectivity index (χ4v) is 2.68. The van der Waals surface area contributed by atoms with Crippen molar-refractivity contribution >= 4 is 17.9 Å². The van der Waals surface area contributed by atoms with E-state index in [1.807, 2.05) is 0 Å². The van der Waals surface area contributed by atoms with Crippen LogP contribution in [0, 0.1) is 0 Å². The van der Waals surface area contributed by atoms with Gasteiger partial charge in [-0.05, 0) is 12.0 Å². The monoisotopic (exact) mass is 291 g/mol. The molecule has 1 fully saturated rings. The molecular formula is C13H17N5O3. The van der Waals surface area contributed by atoms with Gasteiger partial charge in [-0.25, -0.2) is 14.8 Å². The Morgan fingerprint density at radius 2 is 2.33 bits per heavy atom. The van der Waals surface area contributed by atoms with Crippen molar-refractivity contribution in [3.05, 3.63) is 17.5 Å². The van der Waals surface area contributed by atoms with E-state index in [0.717, 1.165) is 11.3 Å². The van der Waals surface area contributed by atoms with Crippen LogP contribution in [0.25, 0.3) is 0 Å². The number of amides is 2. The molecule has 21 heavy (non-hydrogen) atoms. The number of likely N-dealkylation sites (N-methyl/N-ethyl adjacent to an activating group) is 1. The number of nitrogens with one attached hydrogen (secondary N) is 1. The minimum Gasteiger partial charge on any atom is -0.465 e. The fraction of sp³-hybridized carbons (Fsp3) is 0.538. The molecule has 3 rings (SSSR count). The van der Waals surface area contributed by atoms with E-state index < -0.39 is 6.09 Å². The molecule has 0 bridgehead atoms. The molecule has 1 saturated heterocycles. The van der Waals surface area contributed by atoms with Gasteiger partial charge in [-0.3, -0.25) is 4.79 Å². The van der Waals surface area contributed by atoms with Crippen LogP contribution < -0.4 is 5.32 Å². The summed E-state index contributed by atoms with van der Waals surface area (Å²) in [4.78, 5) is 34.2. The number of hydrogen-bond acceptors (Lipinski definition) is 5. The molecule has 1 aromatic heterocycles. The Hall–Kier alpha value is -2.38. The van der Waals surface area contributed by atoms with E-state index in [9.17, 15) is 9.59 Å². The summed E-state index contributed by atoms with van der Waals surface area (Å²) in [6.07, 6.45) is 1.87. The highest BCUT2D eigenvalue weighted by molar-refractivity contribution is 5.79. The number of likely N-dealkylation sites (tertiary alicyclic amines) is 1. The molecule has 112 valence electrons. The first-order valence-electron chi connectivity index (χ1n) is 6.86. The second-order valence-corrected chi connectivity index (χ2v) is 5.44. The summed E-state index contributed by atoms with van der Waals surface area (Å²) >= 11 is 0. The molecular weight excluding hydrogens is 274 g/mol. The molecule has 1 unspecified atom stereocenters. The van der Waals surface area contributed by atoms with Crippen molar-refractivity contribution in [3.63, 3.8) is 0 Å². The Morgan fingerprint density at radius 3 is 3.00 bits per heavy atom. The Bertz CT molecular complexity index is 591. The number of aromatic nitrogens is 2. The number of fused-ring (bicyclic) bond motifs is 1. The first-order valence-corrected chi connectivity index (χ1v) is 6.86. The molecule has 2 aliphatic rings. The highest BCUT2D eigenvalue weighted by Gasteiger charge is 2.28. The quantitative estimate of drug-likeness (QED) is 0.805. The van der Waals surface area contributed by atoms with E-state index in [-0.39, 0.29) is 18.5 Å². The fourth-order valence-electron chi connectivity index (χ4n) is 2.68. The molecule has 2 aliphatic heterocycles. The maximum atomic E-state index is 11.5. The van der Waals surface area contributed by atoms with E-state index in [0.29, 0.717) is 31.9 Å². The van der Waals surface area contributed by atoms with Gasteiger partial charge in [-0.1, -0.05) is 0 Å². The van der Waals surface area contributed by atoms with Gasteiger partial charge in [0.1, 0.15) is 0 Å². The lowest BCUT2D eigenvalue weighted by molar-refractivity contribution is -0.126. The van der Waals surface area contributed by atoms with Crippen molar-refractivity contribution in [1.82, 2.24) is 19.8 Å². The lowest BCUT2D eigenvalue weighted by atomic mass is 10.1. The predicted octanol–water partition coefficient (Wildman–Crippen LogP) is 0.155. The summed E-state index contributed by atoms with van der Waals surface area (Å²) in [5, 5.41) is 12.2. The van der Waals surface area contributed by atoms with Gasteiger partial charge in [0.05, 0.1) is 18.3 Å². The van der Waals surface area contributed by atoms with Gasteiger partial charge >= 0.3 is 6.09 Å². The van der Waals surface area contributed by atoms with Gasteiger partial charge in [-0.2, -0.15) is 0 Å². The van der Waals surface area contributed by atoms with E-state index in [1.165, 1.54) is 4.90 Å². The number of hydrogen-bond donors (Lipinski definition) is 2. The van der Waals surface area contributed by atoms with Crippen molar-refractivity contribution < 1.29 is 14.7 Å². The lowest BCUT2D eigenvalue weighted by Crippen LogP contribution is -2.35. The average Bonchev–Trinajstić information content (AvgIpc) is 2.76. The normalized spacial score (nSPS) is 21.4. The minimum atomic E-state index is -0.934. The van der Waals surface area contributed by atoms with Crippen molar-refractivity contribution in [2.45, 2.75) is 25.4 Å². The number of carboxylic acid groups (broad SMARTS) is 1. The van der Waals surface area contributed by atoms with E-state index >= 15 is 0 Å². The van der Waals surface area contributed by atoms with Crippen LogP contribution in [0.5, 0.6) is 0 Å². The molecule has 2 N–H and O–H groups in total. The third kappa shape index (κ3) is 2.74. The van der Waals surface area contributed by atoms with Crippen molar-refractivity contribution in [1.29, 1.82) is 0 Å². The Balaban J connectivity index is 1.72. The number of carbonyl (C=O) groups excluding carboxylic acids is 1. The SMILES string of the molecule is CN1CC(Nc2ncc3c(n2)CN(C(=O)O)CC3)CC1=O. The van der Waals surface area contributed by atoms with Crippen LogP contribution in [0.2, 0.25) is 0 Å². The zero-order valence-electron chi connectivity index (χ0n) is 11.7. The Morgan fingerprint density at radius 1 is 1.52 bits per heavy atom. The molecule has 2 amide bonds. The van der Waals surface area contributed by atoms with Gasteiger partial charge in [0.25, 0.3) is 0 Å². The number of carbonyl (C=O) groups is 2. The third-order valence-electron chi connectivity index (χ3n) is 3.89. The molecule has 3 heterocycles. The second-order valence-electron chi connectivity index (χ2n) is 5.44. The Labute approximate surface area is 121 Å². The minimum absolute atomic E-state index is 0.000262. The molecule has 0 saturated carbocycles. The molecule has 8 heteroatoms.